The molecule has 2 aromatic rings. The van der Waals surface area contributed by atoms with E-state index in [1.807, 2.05) is 12.3 Å². The van der Waals surface area contributed by atoms with Crippen molar-refractivity contribution in [3.63, 3.8) is 0 Å². The highest BCUT2D eigenvalue weighted by molar-refractivity contribution is 7.91. The molecule has 0 aromatic carbocycles. The number of hydrogen-bond acceptors (Lipinski definition) is 5. The molecule has 0 fully saturated rings. The molecule has 6 nitrogen and oxygen atoms in total. The van der Waals surface area contributed by atoms with E-state index in [4.69, 9.17) is 5.11 Å². The Labute approximate surface area is 115 Å². The van der Waals surface area contributed by atoms with E-state index in [1.165, 1.54) is 6.07 Å². The quantitative estimate of drug-likeness (QED) is 0.741. The molecule has 0 aliphatic carbocycles. The number of aliphatic hydroxyl groups excluding tert-OH is 1. The average molecular weight is 301 g/mol. The lowest BCUT2D eigenvalue weighted by atomic mass is 10.4. The van der Waals surface area contributed by atoms with Gasteiger partial charge in [0.05, 0.1) is 6.61 Å². The van der Waals surface area contributed by atoms with Gasteiger partial charge in [-0.05, 0) is 29.5 Å². The number of aryl methyl sites for hydroxylation is 1. The van der Waals surface area contributed by atoms with E-state index in [-0.39, 0.29) is 10.8 Å². The minimum atomic E-state index is -3.46. The SMILES string of the molecule is O=S(=O)(NCCCn1cccn1)c1cc(CO)cs1. The average Bonchev–Trinajstić information content (AvgIpc) is 3.05. The zero-order chi connectivity index (χ0) is 13.7. The standard InChI is InChI=1S/C11H15N3O3S2/c15-8-10-7-11(18-9-10)19(16,17)13-4-2-6-14-5-1-3-12-14/h1,3,5,7,9,13,15H,2,4,6,8H2. The van der Waals surface area contributed by atoms with Gasteiger partial charge in [-0.3, -0.25) is 4.68 Å². The van der Waals surface area contributed by atoms with Gasteiger partial charge in [0.2, 0.25) is 10.0 Å². The van der Waals surface area contributed by atoms with Gasteiger partial charge in [-0.1, -0.05) is 0 Å². The Balaban J connectivity index is 1.84. The predicted molar refractivity (Wildman–Crippen MR) is 72.3 cm³/mol. The first-order valence-electron chi connectivity index (χ1n) is 5.77. The summed E-state index contributed by atoms with van der Waals surface area (Å²) in [5, 5.41) is 14.6. The maximum Gasteiger partial charge on any atom is 0.250 e. The lowest BCUT2D eigenvalue weighted by molar-refractivity contribution is 0.282. The molecule has 0 unspecified atom stereocenters. The van der Waals surface area contributed by atoms with Crippen molar-refractivity contribution < 1.29 is 13.5 Å². The van der Waals surface area contributed by atoms with Crippen molar-refractivity contribution in [2.24, 2.45) is 0 Å². The van der Waals surface area contributed by atoms with Gasteiger partial charge >= 0.3 is 0 Å². The first-order valence-corrected chi connectivity index (χ1v) is 8.13. The molecule has 19 heavy (non-hydrogen) atoms. The van der Waals surface area contributed by atoms with Crippen LogP contribution in [0.3, 0.4) is 0 Å². The van der Waals surface area contributed by atoms with Crippen LogP contribution in [0.4, 0.5) is 0 Å². The second-order valence-electron chi connectivity index (χ2n) is 3.95. The summed E-state index contributed by atoms with van der Waals surface area (Å²) in [6.07, 6.45) is 4.19. The Hall–Kier alpha value is -1.22. The number of rotatable bonds is 7. The fraction of sp³-hybridized carbons (Fsp3) is 0.364. The number of thiophene rings is 1. The fourth-order valence-electron chi connectivity index (χ4n) is 1.53. The van der Waals surface area contributed by atoms with Crippen LogP contribution >= 0.6 is 11.3 Å². The number of hydrogen-bond donors (Lipinski definition) is 2. The van der Waals surface area contributed by atoms with Gasteiger partial charge in [0, 0.05) is 25.5 Å². The summed E-state index contributed by atoms with van der Waals surface area (Å²) in [6.45, 7) is 0.877. The fourth-order valence-corrected chi connectivity index (χ4v) is 3.85. The van der Waals surface area contributed by atoms with Crippen LogP contribution in [-0.2, 0) is 23.2 Å². The predicted octanol–water partition coefficient (Wildman–Crippen LogP) is 0.805. The van der Waals surface area contributed by atoms with Crippen LogP contribution in [0.25, 0.3) is 0 Å². The molecule has 8 heteroatoms. The van der Waals surface area contributed by atoms with Crippen LogP contribution in [0, 0.1) is 0 Å². The van der Waals surface area contributed by atoms with E-state index in [9.17, 15) is 8.42 Å². The first-order chi connectivity index (χ1) is 9.12. The molecule has 0 spiro atoms. The maximum absolute atomic E-state index is 11.9. The van der Waals surface area contributed by atoms with Crippen molar-refractivity contribution >= 4 is 21.4 Å². The summed E-state index contributed by atoms with van der Waals surface area (Å²) in [4.78, 5) is 0. The summed E-state index contributed by atoms with van der Waals surface area (Å²) >= 11 is 1.11. The molecular weight excluding hydrogens is 286 g/mol. The van der Waals surface area contributed by atoms with Crippen molar-refractivity contribution in [3.05, 3.63) is 35.5 Å². The molecule has 2 N–H and O–H groups in total. The largest absolute Gasteiger partial charge is 0.392 e. The molecule has 2 aromatic heterocycles. The molecule has 2 heterocycles. The molecule has 104 valence electrons. The zero-order valence-electron chi connectivity index (χ0n) is 10.2. The molecule has 0 saturated carbocycles. The lowest BCUT2D eigenvalue weighted by Gasteiger charge is -2.04. The molecular formula is C11H15N3O3S2. The third-order valence-electron chi connectivity index (χ3n) is 2.49. The van der Waals surface area contributed by atoms with Crippen molar-refractivity contribution in [2.75, 3.05) is 6.54 Å². The Morgan fingerprint density at radius 1 is 1.47 bits per heavy atom. The summed E-state index contributed by atoms with van der Waals surface area (Å²) in [5.74, 6) is 0. The van der Waals surface area contributed by atoms with E-state index >= 15 is 0 Å². The van der Waals surface area contributed by atoms with Crippen molar-refractivity contribution in [1.29, 1.82) is 0 Å². The van der Waals surface area contributed by atoms with Crippen LogP contribution in [0.5, 0.6) is 0 Å². The van der Waals surface area contributed by atoms with Gasteiger partial charge in [-0.15, -0.1) is 11.3 Å². The van der Waals surface area contributed by atoms with Crippen LogP contribution in [0.2, 0.25) is 0 Å². The normalized spacial score (nSPS) is 11.8. The van der Waals surface area contributed by atoms with Crippen molar-refractivity contribution in [1.82, 2.24) is 14.5 Å². The highest BCUT2D eigenvalue weighted by Crippen LogP contribution is 2.19. The third-order valence-corrected chi connectivity index (χ3v) is 5.44. The Morgan fingerprint density at radius 3 is 2.95 bits per heavy atom. The number of sulfonamides is 1. The lowest BCUT2D eigenvalue weighted by Crippen LogP contribution is -2.24. The summed E-state index contributed by atoms with van der Waals surface area (Å²) < 4.78 is 28.4. The maximum atomic E-state index is 11.9. The van der Waals surface area contributed by atoms with Gasteiger partial charge in [-0.25, -0.2) is 13.1 Å². The second kappa shape index (κ2) is 6.29. The van der Waals surface area contributed by atoms with Gasteiger partial charge in [0.25, 0.3) is 0 Å². The highest BCUT2D eigenvalue weighted by Gasteiger charge is 2.15. The molecule has 0 bridgehead atoms. The Kier molecular flexibility index (Phi) is 4.70. The van der Waals surface area contributed by atoms with Gasteiger partial charge < -0.3 is 5.11 Å². The van der Waals surface area contributed by atoms with Crippen molar-refractivity contribution in [3.8, 4) is 0 Å². The van der Waals surface area contributed by atoms with Crippen LogP contribution in [0.1, 0.15) is 12.0 Å². The van der Waals surface area contributed by atoms with E-state index < -0.39 is 10.0 Å². The van der Waals surface area contributed by atoms with Crippen molar-refractivity contribution in [2.45, 2.75) is 23.8 Å². The Morgan fingerprint density at radius 2 is 2.32 bits per heavy atom. The molecule has 0 atom stereocenters. The third kappa shape index (κ3) is 3.87. The van der Waals surface area contributed by atoms with E-state index in [1.54, 1.807) is 16.3 Å². The molecule has 0 aliphatic rings. The van der Waals surface area contributed by atoms with Crippen LogP contribution in [-0.4, -0.2) is 29.8 Å². The monoisotopic (exact) mass is 301 g/mol. The van der Waals surface area contributed by atoms with Gasteiger partial charge in [-0.2, -0.15) is 5.10 Å². The molecule has 0 radical (unpaired) electrons. The smallest absolute Gasteiger partial charge is 0.250 e. The summed E-state index contributed by atoms with van der Waals surface area (Å²) in [5.41, 5.74) is 0.613. The van der Waals surface area contributed by atoms with E-state index in [0.717, 1.165) is 11.3 Å². The zero-order valence-corrected chi connectivity index (χ0v) is 11.8. The molecule has 0 aliphatic heterocycles. The summed E-state index contributed by atoms with van der Waals surface area (Å²) in [7, 11) is -3.46. The van der Waals surface area contributed by atoms with E-state index in [2.05, 4.69) is 9.82 Å². The second-order valence-corrected chi connectivity index (χ2v) is 6.86. The van der Waals surface area contributed by atoms with E-state index in [0.29, 0.717) is 25.1 Å². The molecule has 2 rings (SSSR count). The number of aromatic nitrogens is 2. The molecule has 0 saturated heterocycles. The summed E-state index contributed by atoms with van der Waals surface area (Å²) in [6, 6.07) is 3.31. The number of nitrogens with zero attached hydrogens (tertiary/aromatic N) is 2. The topological polar surface area (TPSA) is 84.2 Å². The number of nitrogens with one attached hydrogen (secondary N) is 1. The first kappa shape index (κ1) is 14.2. The minimum Gasteiger partial charge on any atom is -0.392 e. The molecule has 0 amide bonds. The van der Waals surface area contributed by atoms with Crippen LogP contribution < -0.4 is 4.72 Å². The van der Waals surface area contributed by atoms with Gasteiger partial charge in [0.1, 0.15) is 4.21 Å². The van der Waals surface area contributed by atoms with Gasteiger partial charge in [0.15, 0.2) is 0 Å². The minimum absolute atomic E-state index is 0.148. The number of aliphatic hydroxyl groups is 1. The highest BCUT2D eigenvalue weighted by atomic mass is 32.2. The van der Waals surface area contributed by atoms with Crippen LogP contribution in [0.15, 0.2) is 34.1 Å². The Bertz CT molecular complexity index is 605.